The van der Waals surface area contributed by atoms with Gasteiger partial charge in [-0.15, -0.1) is 0 Å². The van der Waals surface area contributed by atoms with E-state index in [2.05, 4.69) is 15.2 Å². The minimum atomic E-state index is -0.908. The van der Waals surface area contributed by atoms with E-state index in [9.17, 15) is 19.6 Å². The van der Waals surface area contributed by atoms with Gasteiger partial charge in [0.05, 0.1) is 10.5 Å². The topological polar surface area (TPSA) is 105 Å². The van der Waals surface area contributed by atoms with Gasteiger partial charge in [0.15, 0.2) is 5.82 Å². The molecule has 0 saturated carbocycles. The molecule has 3 rings (SSSR count). The molecule has 0 saturated heterocycles. The van der Waals surface area contributed by atoms with Crippen molar-refractivity contribution in [2.75, 3.05) is 0 Å². The third kappa shape index (κ3) is 3.12. The summed E-state index contributed by atoms with van der Waals surface area (Å²) in [5, 5.41) is 27.0. The number of phenols is 1. The first-order chi connectivity index (χ1) is 11.5. The number of nitro groups is 1. The van der Waals surface area contributed by atoms with E-state index in [0.29, 0.717) is 22.8 Å². The number of aromatic hydroxyl groups is 1. The maximum atomic E-state index is 13.6. The van der Waals surface area contributed by atoms with Crippen LogP contribution in [0.25, 0.3) is 23.5 Å². The Balaban J connectivity index is 1.82. The molecule has 2 aromatic carbocycles. The molecule has 0 fully saturated rings. The van der Waals surface area contributed by atoms with Crippen LogP contribution in [0.1, 0.15) is 11.4 Å². The van der Waals surface area contributed by atoms with Gasteiger partial charge in [-0.05, 0) is 35.9 Å². The van der Waals surface area contributed by atoms with E-state index in [1.807, 2.05) is 0 Å². The highest BCUT2D eigenvalue weighted by Crippen LogP contribution is 2.25. The lowest BCUT2D eigenvalue weighted by Crippen LogP contribution is -1.92. The Morgan fingerprint density at radius 1 is 1.21 bits per heavy atom. The van der Waals surface area contributed by atoms with Gasteiger partial charge in [0.2, 0.25) is 5.82 Å². The highest BCUT2D eigenvalue weighted by Gasteiger charge is 2.13. The van der Waals surface area contributed by atoms with Gasteiger partial charge in [-0.1, -0.05) is 18.2 Å². The number of aromatic amines is 1. The predicted octanol–water partition coefficient (Wildman–Crippen LogP) is 3.40. The number of rotatable bonds is 4. The molecule has 0 bridgehead atoms. The number of nitrogens with zero attached hydrogens (tertiary/aromatic N) is 3. The van der Waals surface area contributed by atoms with Crippen LogP contribution in [-0.2, 0) is 0 Å². The molecule has 0 amide bonds. The molecule has 120 valence electrons. The summed E-state index contributed by atoms with van der Waals surface area (Å²) in [5.74, 6) is -0.131. The quantitative estimate of drug-likeness (QED) is 0.565. The molecule has 1 aromatic heterocycles. The number of para-hydroxylation sites is 1. The van der Waals surface area contributed by atoms with E-state index >= 15 is 0 Å². The van der Waals surface area contributed by atoms with Gasteiger partial charge in [-0.3, -0.25) is 15.2 Å². The minimum absolute atomic E-state index is 0.0597. The lowest BCUT2D eigenvalue weighted by atomic mass is 10.2. The second-order valence-corrected chi connectivity index (χ2v) is 4.86. The smallest absolute Gasteiger partial charge is 0.304 e. The van der Waals surface area contributed by atoms with Crippen LogP contribution in [-0.4, -0.2) is 25.2 Å². The zero-order valence-electron chi connectivity index (χ0n) is 12.2. The van der Waals surface area contributed by atoms with Crippen molar-refractivity contribution in [2.24, 2.45) is 0 Å². The molecule has 0 aliphatic heterocycles. The maximum absolute atomic E-state index is 13.6. The van der Waals surface area contributed by atoms with Crippen molar-refractivity contribution < 1.29 is 14.4 Å². The molecule has 1 heterocycles. The Bertz CT molecular complexity index is 937. The molecule has 7 nitrogen and oxygen atoms in total. The average molecular weight is 326 g/mol. The molecular formula is C16H11FN4O3. The lowest BCUT2D eigenvalue weighted by Gasteiger charge is -1.97. The summed E-state index contributed by atoms with van der Waals surface area (Å²) < 4.78 is 13.6. The number of aromatic nitrogens is 3. The second kappa shape index (κ2) is 6.29. The lowest BCUT2D eigenvalue weighted by molar-refractivity contribution is -0.387. The van der Waals surface area contributed by atoms with Crippen molar-refractivity contribution in [2.45, 2.75) is 0 Å². The third-order valence-corrected chi connectivity index (χ3v) is 3.25. The Kier molecular flexibility index (Phi) is 4.02. The zero-order chi connectivity index (χ0) is 17.1. The minimum Gasteiger partial charge on any atom is -0.507 e. The van der Waals surface area contributed by atoms with Crippen molar-refractivity contribution in [3.05, 3.63) is 69.8 Å². The Labute approximate surface area is 135 Å². The number of benzene rings is 2. The van der Waals surface area contributed by atoms with E-state index in [-0.39, 0.29) is 5.75 Å². The molecule has 3 aromatic rings. The van der Waals surface area contributed by atoms with Gasteiger partial charge < -0.3 is 5.11 Å². The summed E-state index contributed by atoms with van der Waals surface area (Å²) >= 11 is 0. The van der Waals surface area contributed by atoms with Crippen LogP contribution in [0.5, 0.6) is 5.75 Å². The van der Waals surface area contributed by atoms with Crippen LogP contribution in [0.4, 0.5) is 10.1 Å². The van der Waals surface area contributed by atoms with Crippen LogP contribution < -0.4 is 0 Å². The Morgan fingerprint density at radius 2 is 2.00 bits per heavy atom. The summed E-state index contributed by atoms with van der Waals surface area (Å²) in [5.41, 5.74) is 0.349. The highest BCUT2D eigenvalue weighted by molar-refractivity contribution is 5.69. The number of hydrogen-bond donors (Lipinski definition) is 2. The standard InChI is InChI=1S/C16H11FN4O3/c17-12-9-10(5-7-13(12)21(23)24)6-8-15-18-16(20-19-15)11-3-1-2-4-14(11)22/h1-9,22H,(H,18,19,20)/b8-6+. The van der Waals surface area contributed by atoms with Crippen molar-refractivity contribution in [1.29, 1.82) is 0 Å². The first kappa shape index (κ1) is 15.3. The van der Waals surface area contributed by atoms with E-state index in [1.54, 1.807) is 30.4 Å². The van der Waals surface area contributed by atoms with E-state index in [0.717, 1.165) is 12.1 Å². The number of nitrogens with one attached hydrogen (secondary N) is 1. The summed E-state index contributed by atoms with van der Waals surface area (Å²) in [4.78, 5) is 14.0. The normalized spacial score (nSPS) is 11.0. The molecule has 0 atom stereocenters. The van der Waals surface area contributed by atoms with Gasteiger partial charge in [0.1, 0.15) is 11.6 Å². The van der Waals surface area contributed by atoms with E-state index in [4.69, 9.17) is 0 Å². The largest absolute Gasteiger partial charge is 0.507 e. The molecule has 0 spiro atoms. The average Bonchev–Trinajstić information content (AvgIpc) is 3.02. The van der Waals surface area contributed by atoms with E-state index < -0.39 is 16.4 Å². The zero-order valence-corrected chi connectivity index (χ0v) is 12.2. The van der Waals surface area contributed by atoms with Gasteiger partial charge in [0.25, 0.3) is 0 Å². The van der Waals surface area contributed by atoms with Crippen LogP contribution in [0.15, 0.2) is 42.5 Å². The third-order valence-electron chi connectivity index (χ3n) is 3.25. The summed E-state index contributed by atoms with van der Waals surface area (Å²) in [6, 6.07) is 10.2. The Morgan fingerprint density at radius 3 is 2.71 bits per heavy atom. The van der Waals surface area contributed by atoms with Crippen molar-refractivity contribution in [1.82, 2.24) is 15.2 Å². The monoisotopic (exact) mass is 326 g/mol. The second-order valence-electron chi connectivity index (χ2n) is 4.86. The molecule has 0 aliphatic carbocycles. The SMILES string of the molecule is O=[N+]([O-])c1ccc(/C=C/c2nc(-c3ccccc3O)n[nH]2)cc1F. The van der Waals surface area contributed by atoms with Gasteiger partial charge in [-0.2, -0.15) is 9.49 Å². The van der Waals surface area contributed by atoms with Crippen molar-refractivity contribution in [3.8, 4) is 17.1 Å². The number of halogens is 1. The van der Waals surface area contributed by atoms with Crippen LogP contribution in [0, 0.1) is 15.9 Å². The molecular weight excluding hydrogens is 315 g/mol. The van der Waals surface area contributed by atoms with Gasteiger partial charge >= 0.3 is 5.69 Å². The number of nitro benzene ring substituents is 1. The molecule has 2 N–H and O–H groups in total. The summed E-state index contributed by atoms with van der Waals surface area (Å²) in [6.45, 7) is 0. The first-order valence-electron chi connectivity index (χ1n) is 6.87. The van der Waals surface area contributed by atoms with Crippen molar-refractivity contribution >= 4 is 17.8 Å². The first-order valence-corrected chi connectivity index (χ1v) is 6.87. The fraction of sp³-hybridized carbons (Fsp3) is 0. The van der Waals surface area contributed by atoms with E-state index in [1.165, 1.54) is 12.1 Å². The maximum Gasteiger partial charge on any atom is 0.304 e. The fourth-order valence-electron chi connectivity index (χ4n) is 2.08. The molecule has 0 radical (unpaired) electrons. The Hall–Kier alpha value is -3.55. The number of phenolic OH excluding ortho intramolecular Hbond substituents is 1. The molecule has 8 heteroatoms. The molecule has 24 heavy (non-hydrogen) atoms. The predicted molar refractivity (Wildman–Crippen MR) is 85.5 cm³/mol. The molecule has 0 unspecified atom stereocenters. The number of H-pyrrole nitrogens is 1. The van der Waals surface area contributed by atoms with Gasteiger partial charge in [0, 0.05) is 6.07 Å². The highest BCUT2D eigenvalue weighted by atomic mass is 19.1. The van der Waals surface area contributed by atoms with Crippen LogP contribution in [0.2, 0.25) is 0 Å². The summed E-state index contributed by atoms with van der Waals surface area (Å²) in [7, 11) is 0. The van der Waals surface area contributed by atoms with Crippen LogP contribution >= 0.6 is 0 Å². The summed E-state index contributed by atoms with van der Waals surface area (Å²) in [6.07, 6.45) is 3.10. The number of hydrogen-bond acceptors (Lipinski definition) is 5. The fourth-order valence-corrected chi connectivity index (χ4v) is 2.08. The molecule has 0 aliphatic rings. The van der Waals surface area contributed by atoms with Crippen molar-refractivity contribution in [3.63, 3.8) is 0 Å². The van der Waals surface area contributed by atoms with Crippen LogP contribution in [0.3, 0.4) is 0 Å². The van der Waals surface area contributed by atoms with Gasteiger partial charge in [-0.25, -0.2) is 4.98 Å².